The first kappa shape index (κ1) is 11.1. The van der Waals surface area contributed by atoms with Crippen LogP contribution < -0.4 is 5.32 Å². The fraction of sp³-hybridized carbons (Fsp3) is 0.556. The Kier molecular flexibility index (Phi) is 3.55. The van der Waals surface area contributed by atoms with E-state index in [1.54, 1.807) is 0 Å². The van der Waals surface area contributed by atoms with Crippen LogP contribution in [0.2, 0.25) is 0 Å². The van der Waals surface area contributed by atoms with Gasteiger partial charge in [-0.3, -0.25) is 10.1 Å². The van der Waals surface area contributed by atoms with E-state index in [2.05, 4.69) is 15.3 Å². The number of hydrogen-bond donors (Lipinski definition) is 1. The lowest BCUT2D eigenvalue weighted by Crippen LogP contribution is -2.26. The zero-order chi connectivity index (χ0) is 11.4. The molecule has 86 valence electrons. The molecule has 0 radical (unpaired) electrons. The molecule has 0 aromatic carbocycles. The highest BCUT2D eigenvalue weighted by Crippen LogP contribution is 2.19. The third kappa shape index (κ3) is 2.82. The maximum Gasteiger partial charge on any atom is 0.305 e. The summed E-state index contributed by atoms with van der Waals surface area (Å²) in [6.45, 7) is 0. The Labute approximate surface area is 97.0 Å². The SMILES string of the molecule is O=[N+]([O-])c1cnc(NC2CCCSC2)nc1. The molecule has 2 rings (SSSR count). The lowest BCUT2D eigenvalue weighted by molar-refractivity contribution is -0.385. The minimum Gasteiger partial charge on any atom is -0.351 e. The van der Waals surface area contributed by atoms with Crippen LogP contribution in [-0.2, 0) is 0 Å². The predicted octanol–water partition coefficient (Wildman–Crippen LogP) is 1.69. The van der Waals surface area contributed by atoms with Crippen molar-refractivity contribution in [1.82, 2.24) is 9.97 Å². The Balaban J connectivity index is 1.96. The first-order valence-electron chi connectivity index (χ1n) is 5.06. The van der Waals surface area contributed by atoms with Gasteiger partial charge in [-0.2, -0.15) is 11.8 Å². The molecule has 0 saturated carbocycles. The second kappa shape index (κ2) is 5.11. The molecule has 1 unspecified atom stereocenters. The minimum absolute atomic E-state index is 0.0800. The summed E-state index contributed by atoms with van der Waals surface area (Å²) >= 11 is 1.90. The number of nitrogens with zero attached hydrogens (tertiary/aromatic N) is 3. The van der Waals surface area contributed by atoms with E-state index in [1.807, 2.05) is 11.8 Å². The fourth-order valence-corrected chi connectivity index (χ4v) is 2.60. The average Bonchev–Trinajstić information content (AvgIpc) is 2.31. The summed E-state index contributed by atoms with van der Waals surface area (Å²) in [7, 11) is 0. The van der Waals surface area contributed by atoms with Gasteiger partial charge in [0.2, 0.25) is 5.95 Å². The quantitative estimate of drug-likeness (QED) is 0.639. The molecule has 16 heavy (non-hydrogen) atoms. The van der Waals surface area contributed by atoms with E-state index in [4.69, 9.17) is 0 Å². The summed E-state index contributed by atoms with van der Waals surface area (Å²) in [5.41, 5.74) is -0.0800. The van der Waals surface area contributed by atoms with Gasteiger partial charge in [0, 0.05) is 11.8 Å². The van der Waals surface area contributed by atoms with Crippen molar-refractivity contribution in [3.8, 4) is 0 Å². The number of nitrogens with one attached hydrogen (secondary N) is 1. The fourth-order valence-electron chi connectivity index (χ4n) is 1.53. The van der Waals surface area contributed by atoms with Crippen LogP contribution >= 0.6 is 11.8 Å². The lowest BCUT2D eigenvalue weighted by atomic mass is 10.2. The van der Waals surface area contributed by atoms with Gasteiger partial charge in [0.1, 0.15) is 12.4 Å². The van der Waals surface area contributed by atoms with Crippen LogP contribution in [0.15, 0.2) is 12.4 Å². The van der Waals surface area contributed by atoms with Gasteiger partial charge in [-0.25, -0.2) is 9.97 Å². The van der Waals surface area contributed by atoms with E-state index in [0.29, 0.717) is 12.0 Å². The van der Waals surface area contributed by atoms with Gasteiger partial charge in [0.05, 0.1) is 4.92 Å². The van der Waals surface area contributed by atoms with Gasteiger partial charge in [0.15, 0.2) is 0 Å². The number of rotatable bonds is 3. The van der Waals surface area contributed by atoms with Crippen molar-refractivity contribution in [2.75, 3.05) is 16.8 Å². The van der Waals surface area contributed by atoms with Crippen LogP contribution in [0.1, 0.15) is 12.8 Å². The molecule has 1 aliphatic rings. The Bertz CT molecular complexity index is 364. The summed E-state index contributed by atoms with van der Waals surface area (Å²) in [5.74, 6) is 2.72. The van der Waals surface area contributed by atoms with E-state index in [1.165, 1.54) is 24.6 Å². The van der Waals surface area contributed by atoms with Crippen molar-refractivity contribution in [3.05, 3.63) is 22.5 Å². The van der Waals surface area contributed by atoms with Crippen LogP contribution in [0.25, 0.3) is 0 Å². The number of hydrogen-bond acceptors (Lipinski definition) is 6. The summed E-state index contributed by atoms with van der Waals surface area (Å²) < 4.78 is 0. The highest BCUT2D eigenvalue weighted by atomic mass is 32.2. The number of nitro groups is 1. The smallest absolute Gasteiger partial charge is 0.305 e. The van der Waals surface area contributed by atoms with Gasteiger partial charge < -0.3 is 5.32 Å². The molecule has 0 aliphatic carbocycles. The Morgan fingerprint density at radius 3 is 2.81 bits per heavy atom. The second-order valence-electron chi connectivity index (χ2n) is 3.58. The lowest BCUT2D eigenvalue weighted by Gasteiger charge is -2.22. The number of aromatic nitrogens is 2. The van der Waals surface area contributed by atoms with Gasteiger partial charge in [-0.15, -0.1) is 0 Å². The summed E-state index contributed by atoms with van der Waals surface area (Å²) in [6, 6.07) is 0.375. The average molecular weight is 240 g/mol. The molecule has 1 saturated heterocycles. The molecule has 6 nitrogen and oxygen atoms in total. The highest BCUT2D eigenvalue weighted by Gasteiger charge is 2.15. The van der Waals surface area contributed by atoms with E-state index >= 15 is 0 Å². The topological polar surface area (TPSA) is 81.0 Å². The van der Waals surface area contributed by atoms with E-state index in [-0.39, 0.29) is 5.69 Å². The maximum absolute atomic E-state index is 10.4. The zero-order valence-electron chi connectivity index (χ0n) is 8.63. The molecule has 1 N–H and O–H groups in total. The van der Waals surface area contributed by atoms with Gasteiger partial charge >= 0.3 is 5.69 Å². The molecule has 1 fully saturated rings. The Morgan fingerprint density at radius 1 is 1.50 bits per heavy atom. The van der Waals surface area contributed by atoms with Crippen molar-refractivity contribution in [3.63, 3.8) is 0 Å². The Morgan fingerprint density at radius 2 is 2.25 bits per heavy atom. The van der Waals surface area contributed by atoms with Crippen LogP contribution in [0.4, 0.5) is 11.6 Å². The first-order chi connectivity index (χ1) is 7.75. The number of thioether (sulfide) groups is 1. The summed E-state index contributed by atoms with van der Waals surface area (Å²) in [5, 5.41) is 13.6. The van der Waals surface area contributed by atoms with E-state index in [0.717, 1.165) is 12.2 Å². The molecule has 0 spiro atoms. The molecular weight excluding hydrogens is 228 g/mol. The van der Waals surface area contributed by atoms with E-state index < -0.39 is 4.92 Å². The molecule has 1 atom stereocenters. The van der Waals surface area contributed by atoms with Crippen molar-refractivity contribution >= 4 is 23.4 Å². The standard InChI is InChI=1S/C9H12N4O2S/c14-13(15)8-4-10-9(11-5-8)12-7-2-1-3-16-6-7/h4-5,7H,1-3,6H2,(H,10,11,12). The van der Waals surface area contributed by atoms with Crippen molar-refractivity contribution in [1.29, 1.82) is 0 Å². The normalized spacial score (nSPS) is 20.4. The highest BCUT2D eigenvalue weighted by molar-refractivity contribution is 7.99. The molecular formula is C9H12N4O2S. The van der Waals surface area contributed by atoms with Crippen LogP contribution in [0.5, 0.6) is 0 Å². The molecule has 1 aromatic heterocycles. The monoisotopic (exact) mass is 240 g/mol. The molecule has 0 amide bonds. The second-order valence-corrected chi connectivity index (χ2v) is 4.73. The van der Waals surface area contributed by atoms with Crippen LogP contribution in [-0.4, -0.2) is 32.4 Å². The third-order valence-electron chi connectivity index (χ3n) is 2.34. The van der Waals surface area contributed by atoms with Crippen LogP contribution in [0.3, 0.4) is 0 Å². The zero-order valence-corrected chi connectivity index (χ0v) is 9.44. The largest absolute Gasteiger partial charge is 0.351 e. The number of anilines is 1. The van der Waals surface area contributed by atoms with Gasteiger partial charge in [-0.1, -0.05) is 0 Å². The minimum atomic E-state index is -0.500. The molecule has 0 bridgehead atoms. The molecule has 1 aliphatic heterocycles. The van der Waals surface area contributed by atoms with Crippen molar-refractivity contribution in [2.24, 2.45) is 0 Å². The summed E-state index contributed by atoms with van der Waals surface area (Å²) in [4.78, 5) is 17.7. The Hall–Kier alpha value is -1.37. The molecule has 2 heterocycles. The van der Waals surface area contributed by atoms with Gasteiger partial charge in [0.25, 0.3) is 0 Å². The van der Waals surface area contributed by atoms with Crippen molar-refractivity contribution < 1.29 is 4.92 Å². The molecule has 1 aromatic rings. The maximum atomic E-state index is 10.4. The first-order valence-corrected chi connectivity index (χ1v) is 6.22. The van der Waals surface area contributed by atoms with Crippen LogP contribution in [0, 0.1) is 10.1 Å². The van der Waals surface area contributed by atoms with Gasteiger partial charge in [-0.05, 0) is 18.6 Å². The van der Waals surface area contributed by atoms with Crippen molar-refractivity contribution in [2.45, 2.75) is 18.9 Å². The molecule has 7 heteroatoms. The summed E-state index contributed by atoms with van der Waals surface area (Å²) in [6.07, 6.45) is 4.75. The third-order valence-corrected chi connectivity index (χ3v) is 3.56. The van der Waals surface area contributed by atoms with E-state index in [9.17, 15) is 10.1 Å². The predicted molar refractivity (Wildman–Crippen MR) is 62.7 cm³/mol.